The smallest absolute Gasteiger partial charge is 0.160 e. The van der Waals surface area contributed by atoms with Gasteiger partial charge in [-0.2, -0.15) is 10.2 Å². The van der Waals surface area contributed by atoms with Crippen molar-refractivity contribution in [3.8, 4) is 11.4 Å². The topological polar surface area (TPSA) is 91.7 Å². The average Bonchev–Trinajstić information content (AvgIpc) is 2.30. The number of hydrogen-bond donors (Lipinski definition) is 0. The van der Waals surface area contributed by atoms with Crippen molar-refractivity contribution < 1.29 is 9.90 Å². The standard InChI is InChI=1S/C9H6N4O2/c14-9(15)7-3-10-8(11-4-7)6-1-2-12-13-5-6/h1-5H,(H,14,15)/p-1. The van der Waals surface area contributed by atoms with Gasteiger partial charge in [-0.05, 0) is 6.07 Å². The fourth-order valence-corrected chi connectivity index (χ4v) is 1.01. The Balaban J connectivity index is 2.36. The molecule has 0 amide bonds. The molecular formula is C9H5N4O2-. The Hall–Kier alpha value is -2.37. The first-order chi connectivity index (χ1) is 7.27. The number of aromatic carboxylic acids is 1. The summed E-state index contributed by atoms with van der Waals surface area (Å²) in [5.74, 6) is -0.899. The van der Waals surface area contributed by atoms with Crippen LogP contribution in [0.5, 0.6) is 0 Å². The first-order valence-corrected chi connectivity index (χ1v) is 4.08. The van der Waals surface area contributed by atoms with E-state index in [4.69, 9.17) is 0 Å². The van der Waals surface area contributed by atoms with E-state index in [0.29, 0.717) is 11.4 Å². The molecule has 2 aromatic rings. The summed E-state index contributed by atoms with van der Waals surface area (Å²) in [7, 11) is 0. The van der Waals surface area contributed by atoms with Gasteiger partial charge in [0, 0.05) is 23.5 Å². The summed E-state index contributed by atoms with van der Waals surface area (Å²) < 4.78 is 0. The number of hydrogen-bond acceptors (Lipinski definition) is 6. The Labute approximate surface area is 84.7 Å². The van der Waals surface area contributed by atoms with Gasteiger partial charge in [0.1, 0.15) is 0 Å². The van der Waals surface area contributed by atoms with E-state index in [0.717, 1.165) is 0 Å². The van der Waals surface area contributed by atoms with Crippen LogP contribution in [0.25, 0.3) is 11.4 Å². The third-order valence-corrected chi connectivity index (χ3v) is 1.73. The van der Waals surface area contributed by atoms with Crippen LogP contribution in [0.3, 0.4) is 0 Å². The van der Waals surface area contributed by atoms with Crippen LogP contribution >= 0.6 is 0 Å². The molecule has 0 saturated carbocycles. The normalized spacial score (nSPS) is 9.87. The second-order valence-electron chi connectivity index (χ2n) is 2.71. The molecule has 2 heterocycles. The number of aromatic nitrogens is 4. The molecule has 15 heavy (non-hydrogen) atoms. The molecule has 0 aromatic carbocycles. The zero-order valence-electron chi connectivity index (χ0n) is 7.49. The van der Waals surface area contributed by atoms with Gasteiger partial charge in [0.15, 0.2) is 5.82 Å². The van der Waals surface area contributed by atoms with E-state index in [-0.39, 0.29) is 5.56 Å². The van der Waals surface area contributed by atoms with Crippen molar-refractivity contribution in [2.24, 2.45) is 0 Å². The molecule has 2 aromatic heterocycles. The molecule has 6 nitrogen and oxygen atoms in total. The third kappa shape index (κ3) is 1.93. The van der Waals surface area contributed by atoms with Crippen LogP contribution in [-0.2, 0) is 0 Å². The van der Waals surface area contributed by atoms with E-state index < -0.39 is 5.97 Å². The number of rotatable bonds is 2. The lowest BCUT2D eigenvalue weighted by Gasteiger charge is -2.02. The number of carbonyl (C=O) groups excluding carboxylic acids is 1. The van der Waals surface area contributed by atoms with Crippen molar-refractivity contribution in [3.05, 3.63) is 36.4 Å². The lowest BCUT2D eigenvalue weighted by molar-refractivity contribution is -0.255. The minimum atomic E-state index is -1.30. The Morgan fingerprint density at radius 2 is 1.87 bits per heavy atom. The molecule has 0 spiro atoms. The van der Waals surface area contributed by atoms with Crippen molar-refractivity contribution in [2.75, 3.05) is 0 Å². The molecule has 2 rings (SSSR count). The fraction of sp³-hybridized carbons (Fsp3) is 0. The predicted molar refractivity (Wildman–Crippen MR) is 47.4 cm³/mol. The van der Waals surface area contributed by atoms with Crippen molar-refractivity contribution in [3.63, 3.8) is 0 Å². The molecule has 0 aliphatic heterocycles. The highest BCUT2D eigenvalue weighted by Gasteiger charge is 2.01. The molecule has 0 unspecified atom stereocenters. The maximum atomic E-state index is 10.4. The highest BCUT2D eigenvalue weighted by atomic mass is 16.4. The average molecular weight is 201 g/mol. The lowest BCUT2D eigenvalue weighted by atomic mass is 10.3. The molecule has 0 atom stereocenters. The van der Waals surface area contributed by atoms with Gasteiger partial charge in [-0.15, -0.1) is 0 Å². The maximum absolute atomic E-state index is 10.4. The first kappa shape index (κ1) is 9.20. The van der Waals surface area contributed by atoms with E-state index in [1.807, 2.05) is 0 Å². The number of carboxylic acid groups (broad SMARTS) is 1. The molecule has 0 saturated heterocycles. The lowest BCUT2D eigenvalue weighted by Crippen LogP contribution is -2.22. The van der Waals surface area contributed by atoms with Crippen LogP contribution < -0.4 is 5.11 Å². The van der Waals surface area contributed by atoms with Crippen LogP contribution in [0, 0.1) is 0 Å². The van der Waals surface area contributed by atoms with Crippen LogP contribution in [0.2, 0.25) is 0 Å². The van der Waals surface area contributed by atoms with Gasteiger partial charge in [0.05, 0.1) is 18.4 Å². The second-order valence-corrected chi connectivity index (χ2v) is 2.71. The highest BCUT2D eigenvalue weighted by molar-refractivity contribution is 5.85. The minimum absolute atomic E-state index is 0.0548. The quantitative estimate of drug-likeness (QED) is 0.637. The van der Waals surface area contributed by atoms with Crippen molar-refractivity contribution in [1.82, 2.24) is 20.2 Å². The molecule has 0 bridgehead atoms. The largest absolute Gasteiger partial charge is 0.545 e. The van der Waals surface area contributed by atoms with Crippen LogP contribution in [0.15, 0.2) is 30.9 Å². The summed E-state index contributed by atoms with van der Waals surface area (Å²) in [6.45, 7) is 0. The van der Waals surface area contributed by atoms with E-state index in [9.17, 15) is 9.90 Å². The Morgan fingerprint density at radius 3 is 2.40 bits per heavy atom. The summed E-state index contributed by atoms with van der Waals surface area (Å²) in [4.78, 5) is 18.2. The zero-order valence-corrected chi connectivity index (χ0v) is 7.49. The molecule has 74 valence electrons. The van der Waals surface area contributed by atoms with E-state index in [2.05, 4.69) is 20.2 Å². The second kappa shape index (κ2) is 3.79. The molecule has 0 radical (unpaired) electrons. The molecule has 0 N–H and O–H groups in total. The van der Waals surface area contributed by atoms with Gasteiger partial charge in [-0.3, -0.25) is 0 Å². The van der Waals surface area contributed by atoms with Crippen molar-refractivity contribution >= 4 is 5.97 Å². The van der Waals surface area contributed by atoms with Crippen LogP contribution in [0.4, 0.5) is 0 Å². The summed E-state index contributed by atoms with van der Waals surface area (Å²) in [6.07, 6.45) is 5.38. The van der Waals surface area contributed by atoms with Crippen LogP contribution in [-0.4, -0.2) is 26.1 Å². The maximum Gasteiger partial charge on any atom is 0.160 e. The summed E-state index contributed by atoms with van der Waals surface area (Å²) in [5.41, 5.74) is 0.621. The Kier molecular flexibility index (Phi) is 2.32. The Morgan fingerprint density at radius 1 is 1.13 bits per heavy atom. The van der Waals surface area contributed by atoms with Gasteiger partial charge in [0.25, 0.3) is 0 Å². The Bertz CT molecular complexity index is 469. The molecular weight excluding hydrogens is 196 g/mol. The summed E-state index contributed by atoms with van der Waals surface area (Å²) in [6, 6.07) is 1.68. The number of carbonyl (C=O) groups is 1. The number of carboxylic acids is 1. The van der Waals surface area contributed by atoms with Crippen LogP contribution in [0.1, 0.15) is 10.4 Å². The van der Waals surface area contributed by atoms with Gasteiger partial charge >= 0.3 is 0 Å². The summed E-state index contributed by atoms with van der Waals surface area (Å²) >= 11 is 0. The minimum Gasteiger partial charge on any atom is -0.545 e. The zero-order chi connectivity index (χ0) is 10.7. The highest BCUT2D eigenvalue weighted by Crippen LogP contribution is 2.10. The summed E-state index contributed by atoms with van der Waals surface area (Å²) in [5, 5.41) is 17.7. The van der Waals surface area contributed by atoms with Gasteiger partial charge in [-0.1, -0.05) is 0 Å². The molecule has 0 fully saturated rings. The monoisotopic (exact) mass is 201 g/mol. The van der Waals surface area contributed by atoms with E-state index in [1.54, 1.807) is 6.07 Å². The molecule has 6 heteroatoms. The van der Waals surface area contributed by atoms with Gasteiger partial charge < -0.3 is 9.90 Å². The molecule has 0 aliphatic rings. The third-order valence-electron chi connectivity index (χ3n) is 1.73. The van der Waals surface area contributed by atoms with E-state index >= 15 is 0 Å². The van der Waals surface area contributed by atoms with E-state index in [1.165, 1.54) is 24.8 Å². The predicted octanol–water partition coefficient (Wildman–Crippen LogP) is -0.703. The van der Waals surface area contributed by atoms with Gasteiger partial charge in [-0.25, -0.2) is 9.97 Å². The fourth-order valence-electron chi connectivity index (χ4n) is 1.01. The number of nitrogens with zero attached hydrogens (tertiary/aromatic N) is 4. The van der Waals surface area contributed by atoms with Gasteiger partial charge in [0.2, 0.25) is 0 Å². The molecule has 0 aliphatic carbocycles. The van der Waals surface area contributed by atoms with Crippen molar-refractivity contribution in [1.29, 1.82) is 0 Å². The SMILES string of the molecule is O=C([O-])c1cnc(-c2ccnnc2)nc1. The van der Waals surface area contributed by atoms with Crippen molar-refractivity contribution in [2.45, 2.75) is 0 Å². The first-order valence-electron chi connectivity index (χ1n) is 4.08.